The van der Waals surface area contributed by atoms with Crippen LogP contribution in [-0.2, 0) is 6.54 Å². The third kappa shape index (κ3) is 3.20. The van der Waals surface area contributed by atoms with Gasteiger partial charge in [-0.05, 0) is 19.9 Å². The van der Waals surface area contributed by atoms with E-state index in [9.17, 15) is 13.6 Å². The molecule has 4 nitrogen and oxygen atoms in total. The number of halogens is 2. The van der Waals surface area contributed by atoms with Crippen molar-refractivity contribution in [1.29, 1.82) is 0 Å². The van der Waals surface area contributed by atoms with Crippen molar-refractivity contribution in [3.63, 3.8) is 0 Å². The zero-order valence-corrected chi connectivity index (χ0v) is 11.2. The maximum atomic E-state index is 13.5. The molecule has 1 aromatic carbocycles. The Labute approximate surface area is 115 Å². The summed E-state index contributed by atoms with van der Waals surface area (Å²) < 4.78 is 27.7. The van der Waals surface area contributed by atoms with Crippen LogP contribution in [0.2, 0.25) is 0 Å². The lowest BCUT2D eigenvalue weighted by molar-refractivity contribution is 0.489. The van der Waals surface area contributed by atoms with Gasteiger partial charge in [-0.3, -0.25) is 4.79 Å². The minimum atomic E-state index is -0.953. The van der Waals surface area contributed by atoms with Crippen LogP contribution >= 0.6 is 0 Å². The summed E-state index contributed by atoms with van der Waals surface area (Å²) in [5.74, 6) is -1.89. The van der Waals surface area contributed by atoms with Crippen molar-refractivity contribution in [2.24, 2.45) is 0 Å². The highest BCUT2D eigenvalue weighted by atomic mass is 19.2. The molecule has 0 amide bonds. The Morgan fingerprint density at radius 2 is 2.10 bits per heavy atom. The van der Waals surface area contributed by atoms with Gasteiger partial charge in [-0.2, -0.15) is 5.10 Å². The van der Waals surface area contributed by atoms with E-state index in [-0.39, 0.29) is 23.7 Å². The molecule has 1 aromatic heterocycles. The van der Waals surface area contributed by atoms with Crippen LogP contribution in [0.4, 0.5) is 14.5 Å². The highest BCUT2D eigenvalue weighted by molar-refractivity contribution is 5.39. The Morgan fingerprint density at radius 1 is 1.35 bits per heavy atom. The molecule has 0 spiro atoms. The van der Waals surface area contributed by atoms with Gasteiger partial charge in [0.05, 0.1) is 18.4 Å². The summed E-state index contributed by atoms with van der Waals surface area (Å²) in [6.07, 6.45) is 1.48. The molecule has 1 heterocycles. The van der Waals surface area contributed by atoms with E-state index in [0.29, 0.717) is 5.69 Å². The van der Waals surface area contributed by atoms with E-state index in [4.69, 9.17) is 0 Å². The number of nitrogens with zero attached hydrogens (tertiary/aromatic N) is 2. The van der Waals surface area contributed by atoms with Crippen molar-refractivity contribution >= 4 is 5.69 Å². The summed E-state index contributed by atoms with van der Waals surface area (Å²) in [5.41, 5.74) is 0.310. The quantitative estimate of drug-likeness (QED) is 0.934. The molecule has 0 atom stereocenters. The third-order valence-corrected chi connectivity index (χ3v) is 2.68. The van der Waals surface area contributed by atoms with Crippen LogP contribution in [0.15, 0.2) is 35.3 Å². The lowest BCUT2D eigenvalue weighted by Gasteiger charge is -2.10. The zero-order valence-electron chi connectivity index (χ0n) is 11.2. The fraction of sp³-hybridized carbons (Fsp3) is 0.286. The number of benzene rings is 1. The smallest absolute Gasteiger partial charge is 0.269 e. The van der Waals surface area contributed by atoms with E-state index < -0.39 is 11.6 Å². The summed E-state index contributed by atoms with van der Waals surface area (Å²) in [4.78, 5) is 11.9. The molecule has 0 unspecified atom stereocenters. The molecule has 2 rings (SSSR count). The van der Waals surface area contributed by atoms with Crippen LogP contribution in [-0.4, -0.2) is 15.8 Å². The molecular weight excluding hydrogens is 264 g/mol. The molecule has 0 aliphatic carbocycles. The van der Waals surface area contributed by atoms with E-state index in [1.54, 1.807) is 0 Å². The molecule has 6 heteroatoms. The average molecular weight is 279 g/mol. The van der Waals surface area contributed by atoms with Gasteiger partial charge in [0.25, 0.3) is 5.56 Å². The summed E-state index contributed by atoms with van der Waals surface area (Å²) in [6.45, 7) is 3.77. The first-order valence-corrected chi connectivity index (χ1v) is 6.24. The molecule has 0 saturated carbocycles. The second-order valence-corrected chi connectivity index (χ2v) is 4.75. The SMILES string of the molecule is CC(C)Nc1cnn(Cc2cccc(F)c2F)c(=O)c1. The molecule has 0 radical (unpaired) electrons. The first kappa shape index (κ1) is 14.2. The van der Waals surface area contributed by atoms with Gasteiger partial charge in [0.2, 0.25) is 0 Å². The fourth-order valence-electron chi connectivity index (χ4n) is 1.80. The van der Waals surface area contributed by atoms with Crippen molar-refractivity contribution in [3.8, 4) is 0 Å². The third-order valence-electron chi connectivity index (χ3n) is 2.68. The highest BCUT2D eigenvalue weighted by Gasteiger charge is 2.09. The van der Waals surface area contributed by atoms with Crippen molar-refractivity contribution in [3.05, 3.63) is 58.0 Å². The standard InChI is InChI=1S/C14H15F2N3O/c1-9(2)18-11-6-13(20)19(17-7-11)8-10-4-3-5-12(15)14(10)16/h3-7,9,18H,8H2,1-2H3. The summed E-state index contributed by atoms with van der Waals surface area (Å²) >= 11 is 0. The molecule has 20 heavy (non-hydrogen) atoms. The first-order valence-electron chi connectivity index (χ1n) is 6.24. The number of rotatable bonds is 4. The van der Waals surface area contributed by atoms with Gasteiger partial charge < -0.3 is 5.32 Å². The lowest BCUT2D eigenvalue weighted by Crippen LogP contribution is -2.24. The van der Waals surface area contributed by atoms with Crippen LogP contribution in [0, 0.1) is 11.6 Å². The van der Waals surface area contributed by atoms with Crippen LogP contribution < -0.4 is 10.9 Å². The van der Waals surface area contributed by atoms with Gasteiger partial charge in [0, 0.05) is 17.7 Å². The largest absolute Gasteiger partial charge is 0.381 e. The molecule has 106 valence electrons. The topological polar surface area (TPSA) is 46.9 Å². The Balaban J connectivity index is 2.26. The Hall–Kier alpha value is -2.24. The van der Waals surface area contributed by atoms with Crippen LogP contribution in [0.5, 0.6) is 0 Å². The van der Waals surface area contributed by atoms with Gasteiger partial charge >= 0.3 is 0 Å². The van der Waals surface area contributed by atoms with E-state index in [2.05, 4.69) is 10.4 Å². The molecule has 2 aromatic rings. The van der Waals surface area contributed by atoms with E-state index >= 15 is 0 Å². The average Bonchev–Trinajstić information content (AvgIpc) is 2.37. The summed E-state index contributed by atoms with van der Waals surface area (Å²) in [6, 6.07) is 5.41. The van der Waals surface area contributed by atoms with E-state index in [1.807, 2.05) is 13.8 Å². The minimum absolute atomic E-state index is 0.0872. The lowest BCUT2D eigenvalue weighted by atomic mass is 10.2. The minimum Gasteiger partial charge on any atom is -0.381 e. The second-order valence-electron chi connectivity index (χ2n) is 4.75. The molecule has 0 aliphatic heterocycles. The van der Waals surface area contributed by atoms with Crippen molar-refractivity contribution in [2.45, 2.75) is 26.4 Å². The molecular formula is C14H15F2N3O. The van der Waals surface area contributed by atoms with Crippen LogP contribution in [0.1, 0.15) is 19.4 Å². The van der Waals surface area contributed by atoms with Gasteiger partial charge in [0.15, 0.2) is 11.6 Å². The summed E-state index contributed by atoms with van der Waals surface area (Å²) in [5, 5.41) is 7.00. The number of anilines is 1. The fourth-order valence-corrected chi connectivity index (χ4v) is 1.80. The van der Waals surface area contributed by atoms with Crippen LogP contribution in [0.3, 0.4) is 0 Å². The van der Waals surface area contributed by atoms with Gasteiger partial charge in [0.1, 0.15) is 0 Å². The van der Waals surface area contributed by atoms with Crippen molar-refractivity contribution in [1.82, 2.24) is 9.78 Å². The molecule has 0 saturated heterocycles. The van der Waals surface area contributed by atoms with Gasteiger partial charge in [-0.1, -0.05) is 12.1 Å². The predicted molar refractivity (Wildman–Crippen MR) is 72.7 cm³/mol. The second kappa shape index (κ2) is 5.81. The monoisotopic (exact) mass is 279 g/mol. The number of aromatic nitrogens is 2. The predicted octanol–water partition coefficient (Wildman–Crippen LogP) is 2.39. The van der Waals surface area contributed by atoms with Crippen LogP contribution in [0.25, 0.3) is 0 Å². The highest BCUT2D eigenvalue weighted by Crippen LogP contribution is 2.12. The Morgan fingerprint density at radius 3 is 2.75 bits per heavy atom. The molecule has 1 N–H and O–H groups in total. The maximum absolute atomic E-state index is 13.5. The van der Waals surface area contributed by atoms with Gasteiger partial charge in [-0.25, -0.2) is 13.5 Å². The maximum Gasteiger partial charge on any atom is 0.269 e. The molecule has 0 aliphatic rings. The summed E-state index contributed by atoms with van der Waals surface area (Å²) in [7, 11) is 0. The molecule has 0 fully saturated rings. The molecule has 0 bridgehead atoms. The van der Waals surface area contributed by atoms with Gasteiger partial charge in [-0.15, -0.1) is 0 Å². The van der Waals surface area contributed by atoms with Crippen molar-refractivity contribution in [2.75, 3.05) is 5.32 Å². The number of hydrogen-bond acceptors (Lipinski definition) is 3. The number of nitrogens with one attached hydrogen (secondary N) is 1. The van der Waals surface area contributed by atoms with E-state index in [1.165, 1.54) is 24.4 Å². The van der Waals surface area contributed by atoms with E-state index in [0.717, 1.165) is 10.7 Å². The Kier molecular flexibility index (Phi) is 4.12. The number of hydrogen-bond donors (Lipinski definition) is 1. The van der Waals surface area contributed by atoms with Crippen molar-refractivity contribution < 1.29 is 8.78 Å². The first-order chi connectivity index (χ1) is 9.47. The Bertz CT molecular complexity index is 668. The zero-order chi connectivity index (χ0) is 14.7. The normalized spacial score (nSPS) is 10.8.